The highest BCUT2D eigenvalue weighted by atomic mass is 19.1. The summed E-state index contributed by atoms with van der Waals surface area (Å²) < 4.78 is 18.7. The number of amides is 4. The zero-order valence-electron chi connectivity index (χ0n) is 19.5. The molecule has 6 nitrogen and oxygen atoms in total. The molecule has 1 N–H and O–H groups in total. The number of nitrogens with one attached hydrogen (secondary N) is 1. The Labute approximate surface area is 203 Å². The summed E-state index contributed by atoms with van der Waals surface area (Å²) in [6.45, 7) is 4.47. The molecule has 1 aliphatic heterocycles. The molecule has 1 saturated heterocycles. The molecule has 0 saturated carbocycles. The third-order valence-electron chi connectivity index (χ3n) is 5.94. The fourth-order valence-corrected chi connectivity index (χ4v) is 3.65. The SMILES string of the molecule is CCC(C)c1ccc(N2C(=O)NC(=O)C(=Cc3ccc(OCc4ccc(F)cc4)cc3)C2=O)cc1. The zero-order valence-corrected chi connectivity index (χ0v) is 19.5. The fourth-order valence-electron chi connectivity index (χ4n) is 3.65. The predicted molar refractivity (Wildman–Crippen MR) is 131 cm³/mol. The minimum absolute atomic E-state index is 0.143. The van der Waals surface area contributed by atoms with Gasteiger partial charge in [0.25, 0.3) is 11.8 Å². The highest BCUT2D eigenvalue weighted by Crippen LogP contribution is 2.26. The van der Waals surface area contributed by atoms with Crippen LogP contribution in [-0.4, -0.2) is 17.8 Å². The summed E-state index contributed by atoms with van der Waals surface area (Å²) in [4.78, 5) is 38.9. The molecule has 4 amide bonds. The first-order valence-corrected chi connectivity index (χ1v) is 11.3. The van der Waals surface area contributed by atoms with E-state index in [1.807, 2.05) is 12.1 Å². The maximum atomic E-state index is 13.1. The van der Waals surface area contributed by atoms with Gasteiger partial charge in [-0.25, -0.2) is 14.1 Å². The number of hydrogen-bond acceptors (Lipinski definition) is 4. The average Bonchev–Trinajstić information content (AvgIpc) is 2.87. The number of hydrogen-bond donors (Lipinski definition) is 1. The molecule has 35 heavy (non-hydrogen) atoms. The van der Waals surface area contributed by atoms with Crippen molar-refractivity contribution < 1.29 is 23.5 Å². The summed E-state index contributed by atoms with van der Waals surface area (Å²) in [5.74, 6) is -0.810. The van der Waals surface area contributed by atoms with Gasteiger partial charge in [0.15, 0.2) is 0 Å². The van der Waals surface area contributed by atoms with Crippen LogP contribution in [0.15, 0.2) is 78.4 Å². The topological polar surface area (TPSA) is 75.7 Å². The molecule has 0 bridgehead atoms. The van der Waals surface area contributed by atoms with Gasteiger partial charge in [-0.1, -0.05) is 50.2 Å². The number of anilines is 1. The van der Waals surface area contributed by atoms with E-state index < -0.39 is 17.8 Å². The van der Waals surface area contributed by atoms with E-state index >= 15 is 0 Å². The highest BCUT2D eigenvalue weighted by molar-refractivity contribution is 6.39. The zero-order chi connectivity index (χ0) is 24.9. The van der Waals surface area contributed by atoms with Crippen molar-refractivity contribution in [1.29, 1.82) is 0 Å². The van der Waals surface area contributed by atoms with Crippen LogP contribution in [0.5, 0.6) is 5.75 Å². The van der Waals surface area contributed by atoms with Crippen molar-refractivity contribution in [2.75, 3.05) is 4.90 Å². The van der Waals surface area contributed by atoms with Crippen LogP contribution in [0.3, 0.4) is 0 Å². The van der Waals surface area contributed by atoms with Crippen molar-refractivity contribution in [3.63, 3.8) is 0 Å². The molecular weight excluding hydrogens is 447 g/mol. The van der Waals surface area contributed by atoms with Crippen LogP contribution in [0, 0.1) is 5.82 Å². The molecule has 1 fully saturated rings. The van der Waals surface area contributed by atoms with E-state index in [0.29, 0.717) is 22.9 Å². The molecule has 3 aromatic carbocycles. The van der Waals surface area contributed by atoms with Crippen LogP contribution >= 0.6 is 0 Å². The summed E-state index contributed by atoms with van der Waals surface area (Å²) in [5.41, 5.74) is 2.77. The molecule has 178 valence electrons. The third kappa shape index (κ3) is 5.46. The van der Waals surface area contributed by atoms with Gasteiger partial charge >= 0.3 is 6.03 Å². The molecule has 4 rings (SSSR count). The first-order valence-electron chi connectivity index (χ1n) is 11.3. The number of nitrogens with zero attached hydrogens (tertiary/aromatic N) is 1. The highest BCUT2D eigenvalue weighted by Gasteiger charge is 2.36. The molecule has 1 heterocycles. The van der Waals surface area contributed by atoms with E-state index in [1.165, 1.54) is 18.2 Å². The second kappa shape index (κ2) is 10.3. The molecule has 0 radical (unpaired) electrons. The molecule has 7 heteroatoms. The van der Waals surface area contributed by atoms with Gasteiger partial charge in [-0.15, -0.1) is 0 Å². The number of halogens is 1. The number of rotatable bonds is 7. The monoisotopic (exact) mass is 472 g/mol. The lowest BCUT2D eigenvalue weighted by Gasteiger charge is -2.26. The molecule has 1 unspecified atom stereocenters. The van der Waals surface area contributed by atoms with E-state index in [9.17, 15) is 18.8 Å². The van der Waals surface area contributed by atoms with E-state index in [-0.39, 0.29) is 18.0 Å². The Kier molecular flexibility index (Phi) is 7.06. The summed E-state index contributed by atoms with van der Waals surface area (Å²) in [6.07, 6.45) is 2.41. The lowest BCUT2D eigenvalue weighted by Crippen LogP contribution is -2.54. The number of urea groups is 1. The minimum atomic E-state index is -0.780. The van der Waals surface area contributed by atoms with Crippen LogP contribution < -0.4 is 15.0 Å². The van der Waals surface area contributed by atoms with Crippen LogP contribution in [0.1, 0.15) is 42.9 Å². The largest absolute Gasteiger partial charge is 0.489 e. The molecule has 3 aromatic rings. The summed E-state index contributed by atoms with van der Waals surface area (Å²) in [5, 5.41) is 2.24. The number of ether oxygens (including phenoxy) is 1. The second-order valence-corrected chi connectivity index (χ2v) is 8.34. The Morgan fingerprint density at radius 1 is 0.943 bits per heavy atom. The number of benzene rings is 3. The number of carbonyl (C=O) groups is 3. The Bertz CT molecular complexity index is 1270. The maximum absolute atomic E-state index is 13.1. The number of barbiturate groups is 1. The van der Waals surface area contributed by atoms with Gasteiger partial charge in [-0.05, 0) is 71.5 Å². The van der Waals surface area contributed by atoms with Crippen molar-refractivity contribution in [3.05, 3.63) is 101 Å². The van der Waals surface area contributed by atoms with Crippen molar-refractivity contribution in [2.45, 2.75) is 32.8 Å². The number of imide groups is 2. The number of carbonyl (C=O) groups excluding carboxylic acids is 3. The van der Waals surface area contributed by atoms with Crippen LogP contribution in [0.25, 0.3) is 6.08 Å². The summed E-state index contributed by atoms with van der Waals surface area (Å²) in [6, 6.07) is 19.3. The third-order valence-corrected chi connectivity index (χ3v) is 5.94. The van der Waals surface area contributed by atoms with Gasteiger partial charge in [-0.3, -0.25) is 14.9 Å². The Hall–Kier alpha value is -4.26. The van der Waals surface area contributed by atoms with Gasteiger partial charge in [0, 0.05) is 0 Å². The van der Waals surface area contributed by atoms with Gasteiger partial charge in [-0.2, -0.15) is 0 Å². The first kappa shape index (κ1) is 23.9. The van der Waals surface area contributed by atoms with Crippen molar-refractivity contribution in [3.8, 4) is 5.75 Å². The van der Waals surface area contributed by atoms with Gasteiger partial charge < -0.3 is 4.74 Å². The fraction of sp³-hybridized carbons (Fsp3) is 0.179. The van der Waals surface area contributed by atoms with Crippen molar-refractivity contribution >= 4 is 29.6 Å². The van der Waals surface area contributed by atoms with Gasteiger partial charge in [0.1, 0.15) is 23.7 Å². The molecule has 1 atom stereocenters. The predicted octanol–water partition coefficient (Wildman–Crippen LogP) is 5.58. The molecule has 0 aliphatic carbocycles. The molecule has 0 aromatic heterocycles. The maximum Gasteiger partial charge on any atom is 0.335 e. The van der Waals surface area contributed by atoms with Crippen molar-refractivity contribution in [1.82, 2.24) is 5.32 Å². The first-order chi connectivity index (χ1) is 16.9. The molecular formula is C28H25FN2O4. The van der Waals surface area contributed by atoms with Crippen LogP contribution in [-0.2, 0) is 16.2 Å². The summed E-state index contributed by atoms with van der Waals surface area (Å²) >= 11 is 0. The minimum Gasteiger partial charge on any atom is -0.489 e. The Morgan fingerprint density at radius 2 is 1.60 bits per heavy atom. The lowest BCUT2D eigenvalue weighted by atomic mass is 9.98. The quantitative estimate of drug-likeness (QED) is 0.360. The standard InChI is InChI=1S/C28H25FN2O4/c1-3-18(2)21-8-12-23(13-9-21)31-27(33)25(26(32)30-28(31)34)16-19-6-14-24(15-7-19)35-17-20-4-10-22(29)11-5-20/h4-16,18H,3,17H2,1-2H3,(H,30,32,34). The summed E-state index contributed by atoms with van der Waals surface area (Å²) in [7, 11) is 0. The van der Waals surface area contributed by atoms with E-state index in [4.69, 9.17) is 4.74 Å². The molecule has 1 aliphatic rings. The normalized spacial score (nSPS) is 15.8. The average molecular weight is 473 g/mol. The Morgan fingerprint density at radius 3 is 2.23 bits per heavy atom. The van der Waals surface area contributed by atoms with Gasteiger partial charge in [0.05, 0.1) is 5.69 Å². The molecule has 0 spiro atoms. The van der Waals surface area contributed by atoms with E-state index in [2.05, 4.69) is 19.2 Å². The second-order valence-electron chi connectivity index (χ2n) is 8.34. The van der Waals surface area contributed by atoms with Gasteiger partial charge in [0.2, 0.25) is 0 Å². The Balaban J connectivity index is 1.50. The van der Waals surface area contributed by atoms with E-state index in [0.717, 1.165) is 22.4 Å². The van der Waals surface area contributed by atoms with Crippen LogP contribution in [0.2, 0.25) is 0 Å². The van der Waals surface area contributed by atoms with Crippen molar-refractivity contribution in [2.24, 2.45) is 0 Å². The van der Waals surface area contributed by atoms with E-state index in [1.54, 1.807) is 48.5 Å². The lowest BCUT2D eigenvalue weighted by molar-refractivity contribution is -0.122. The smallest absolute Gasteiger partial charge is 0.335 e. The van der Waals surface area contributed by atoms with Crippen LogP contribution in [0.4, 0.5) is 14.9 Å².